The van der Waals surface area contributed by atoms with Crippen LogP contribution in [0.3, 0.4) is 0 Å². The van der Waals surface area contributed by atoms with Crippen LogP contribution in [0, 0.1) is 0 Å². The molecule has 0 fully saturated rings. The molecule has 22 heavy (non-hydrogen) atoms. The molecule has 0 radical (unpaired) electrons. The molecule has 0 saturated carbocycles. The number of hydrogen-bond donors (Lipinski definition) is 2. The minimum Gasteiger partial charge on any atom is -0.356 e. The van der Waals surface area contributed by atoms with Crippen LogP contribution in [-0.2, 0) is 0 Å². The summed E-state index contributed by atoms with van der Waals surface area (Å²) in [6, 6.07) is 10.1. The van der Waals surface area contributed by atoms with Crippen molar-refractivity contribution in [3.05, 3.63) is 65.0 Å². The van der Waals surface area contributed by atoms with Gasteiger partial charge in [0.25, 0.3) is 0 Å². The smallest absolute Gasteiger partial charge is 0.160 e. The van der Waals surface area contributed by atoms with Crippen molar-refractivity contribution >= 4 is 28.2 Å². The number of nitrogens with one attached hydrogen (secondary N) is 2. The van der Waals surface area contributed by atoms with Crippen LogP contribution in [-0.4, -0.2) is 25.1 Å². The number of aromatic amines is 1. The van der Waals surface area contributed by atoms with Gasteiger partial charge in [-0.25, -0.2) is 15.0 Å². The fraction of sp³-hybridized carbons (Fsp3) is 0.0667. The van der Waals surface area contributed by atoms with Crippen molar-refractivity contribution in [1.82, 2.24) is 25.1 Å². The Morgan fingerprint density at radius 1 is 1.09 bits per heavy atom. The molecule has 0 amide bonds. The minimum absolute atomic E-state index is 0.0609. The van der Waals surface area contributed by atoms with E-state index in [2.05, 4.69) is 42.6 Å². The van der Waals surface area contributed by atoms with Crippen LogP contribution in [0.4, 0.5) is 5.82 Å². The van der Waals surface area contributed by atoms with Crippen molar-refractivity contribution in [3.8, 4) is 0 Å². The molecule has 0 aliphatic carbocycles. The zero-order valence-electron chi connectivity index (χ0n) is 11.5. The Balaban J connectivity index is 1.77. The Morgan fingerprint density at radius 3 is 2.82 bits per heavy atom. The van der Waals surface area contributed by atoms with Gasteiger partial charge in [0.2, 0.25) is 0 Å². The van der Waals surface area contributed by atoms with E-state index in [1.807, 2.05) is 29.8 Å². The first-order valence-corrected chi connectivity index (χ1v) is 7.65. The number of hydrogen-bond acceptors (Lipinski definition) is 6. The van der Waals surface area contributed by atoms with Crippen molar-refractivity contribution < 1.29 is 0 Å². The van der Waals surface area contributed by atoms with Gasteiger partial charge in [-0.05, 0) is 5.56 Å². The van der Waals surface area contributed by atoms with Crippen LogP contribution in [0.2, 0.25) is 0 Å². The Labute approximate surface area is 130 Å². The fourth-order valence-electron chi connectivity index (χ4n) is 2.33. The fourth-order valence-corrected chi connectivity index (χ4v) is 3.04. The standard InChI is InChI=1S/C15H12N6S/c1-2-4-10(5-3-1)12(15-16-6-7-22-15)20-13-11-8-19-21-14(11)18-9-17-13/h1-9,12H,(H2,17,18,19,20,21). The molecular weight excluding hydrogens is 296 g/mol. The third-order valence-corrected chi connectivity index (χ3v) is 4.20. The van der Waals surface area contributed by atoms with Crippen molar-refractivity contribution in [2.24, 2.45) is 0 Å². The van der Waals surface area contributed by atoms with Gasteiger partial charge in [-0.15, -0.1) is 11.3 Å². The molecule has 3 aromatic heterocycles. The van der Waals surface area contributed by atoms with E-state index in [9.17, 15) is 0 Å². The molecule has 1 atom stereocenters. The molecule has 2 N–H and O–H groups in total. The highest BCUT2D eigenvalue weighted by Crippen LogP contribution is 2.29. The Hall–Kier alpha value is -2.80. The van der Waals surface area contributed by atoms with Gasteiger partial charge in [-0.3, -0.25) is 5.10 Å². The lowest BCUT2D eigenvalue weighted by atomic mass is 10.1. The van der Waals surface area contributed by atoms with Gasteiger partial charge >= 0.3 is 0 Å². The van der Waals surface area contributed by atoms with Gasteiger partial charge < -0.3 is 5.32 Å². The highest BCUT2D eigenvalue weighted by molar-refractivity contribution is 7.09. The second-order valence-electron chi connectivity index (χ2n) is 4.71. The van der Waals surface area contributed by atoms with Crippen LogP contribution in [0.15, 0.2) is 54.4 Å². The summed E-state index contributed by atoms with van der Waals surface area (Å²) in [7, 11) is 0. The number of aromatic nitrogens is 5. The van der Waals surface area contributed by atoms with E-state index >= 15 is 0 Å². The summed E-state index contributed by atoms with van der Waals surface area (Å²) < 4.78 is 0. The maximum Gasteiger partial charge on any atom is 0.160 e. The average Bonchev–Trinajstić information content (AvgIpc) is 3.25. The number of thiazole rings is 1. The molecule has 0 spiro atoms. The highest BCUT2D eigenvalue weighted by atomic mass is 32.1. The third-order valence-electron chi connectivity index (χ3n) is 3.36. The Morgan fingerprint density at radius 2 is 2.00 bits per heavy atom. The molecule has 7 heteroatoms. The van der Waals surface area contributed by atoms with E-state index < -0.39 is 0 Å². The molecule has 0 bridgehead atoms. The predicted molar refractivity (Wildman–Crippen MR) is 85.7 cm³/mol. The average molecular weight is 308 g/mol. The van der Waals surface area contributed by atoms with Gasteiger partial charge in [0.05, 0.1) is 11.6 Å². The van der Waals surface area contributed by atoms with Crippen LogP contribution in [0.5, 0.6) is 0 Å². The molecule has 108 valence electrons. The summed E-state index contributed by atoms with van der Waals surface area (Å²) in [5, 5.41) is 14.2. The van der Waals surface area contributed by atoms with Crippen LogP contribution in [0.25, 0.3) is 11.0 Å². The molecule has 0 saturated heterocycles. The normalized spacial score (nSPS) is 12.4. The summed E-state index contributed by atoms with van der Waals surface area (Å²) in [6.07, 6.45) is 5.05. The Bertz CT molecular complexity index is 871. The van der Waals surface area contributed by atoms with E-state index in [1.54, 1.807) is 17.5 Å². The molecule has 0 aliphatic rings. The van der Waals surface area contributed by atoms with Crippen molar-refractivity contribution in [1.29, 1.82) is 0 Å². The summed E-state index contributed by atoms with van der Waals surface area (Å²) in [4.78, 5) is 13.0. The number of H-pyrrole nitrogens is 1. The molecule has 1 unspecified atom stereocenters. The van der Waals surface area contributed by atoms with Gasteiger partial charge in [0, 0.05) is 11.6 Å². The summed E-state index contributed by atoms with van der Waals surface area (Å²) >= 11 is 1.61. The van der Waals surface area contributed by atoms with Crippen molar-refractivity contribution in [2.75, 3.05) is 5.32 Å². The van der Waals surface area contributed by atoms with Crippen LogP contribution >= 0.6 is 11.3 Å². The van der Waals surface area contributed by atoms with E-state index in [-0.39, 0.29) is 6.04 Å². The van der Waals surface area contributed by atoms with Gasteiger partial charge in [-0.1, -0.05) is 30.3 Å². The monoisotopic (exact) mass is 308 g/mol. The van der Waals surface area contributed by atoms with Gasteiger partial charge in [0.15, 0.2) is 5.65 Å². The van der Waals surface area contributed by atoms with Gasteiger partial charge in [0.1, 0.15) is 23.2 Å². The topological polar surface area (TPSA) is 79.4 Å². The predicted octanol–water partition coefficient (Wildman–Crippen LogP) is 3.01. The van der Waals surface area contributed by atoms with E-state index in [1.165, 1.54) is 6.33 Å². The van der Waals surface area contributed by atoms with Gasteiger partial charge in [-0.2, -0.15) is 5.10 Å². The molecular formula is C15H12N6S. The maximum absolute atomic E-state index is 4.45. The van der Waals surface area contributed by atoms with Crippen LogP contribution < -0.4 is 5.32 Å². The molecule has 6 nitrogen and oxygen atoms in total. The quantitative estimate of drug-likeness (QED) is 0.606. The van der Waals surface area contributed by atoms with E-state index in [0.29, 0.717) is 5.65 Å². The minimum atomic E-state index is -0.0609. The number of fused-ring (bicyclic) bond motifs is 1. The van der Waals surface area contributed by atoms with Crippen molar-refractivity contribution in [3.63, 3.8) is 0 Å². The zero-order valence-corrected chi connectivity index (χ0v) is 12.3. The zero-order chi connectivity index (χ0) is 14.8. The molecule has 4 rings (SSSR count). The summed E-state index contributed by atoms with van der Waals surface area (Å²) in [5.74, 6) is 0.739. The number of rotatable bonds is 4. The number of benzene rings is 1. The largest absolute Gasteiger partial charge is 0.356 e. The SMILES string of the molecule is c1ccc(C(Nc2ncnc3[nH]ncc23)c2nccs2)cc1. The first kappa shape index (κ1) is 12.9. The molecule has 1 aromatic carbocycles. The lowest BCUT2D eigenvalue weighted by Gasteiger charge is -2.17. The van der Waals surface area contributed by atoms with E-state index in [4.69, 9.17) is 0 Å². The first-order valence-electron chi connectivity index (χ1n) is 6.77. The second-order valence-corrected chi connectivity index (χ2v) is 5.64. The summed E-state index contributed by atoms with van der Waals surface area (Å²) in [6.45, 7) is 0. The van der Waals surface area contributed by atoms with E-state index in [0.717, 1.165) is 21.8 Å². The summed E-state index contributed by atoms with van der Waals surface area (Å²) in [5.41, 5.74) is 1.84. The second kappa shape index (κ2) is 5.53. The lowest BCUT2D eigenvalue weighted by Crippen LogP contribution is -2.13. The molecule has 3 heterocycles. The highest BCUT2D eigenvalue weighted by Gasteiger charge is 2.18. The lowest BCUT2D eigenvalue weighted by molar-refractivity contribution is 0.911. The molecule has 0 aliphatic heterocycles. The third kappa shape index (κ3) is 2.31. The van der Waals surface area contributed by atoms with Crippen LogP contribution in [0.1, 0.15) is 16.6 Å². The number of anilines is 1. The Kier molecular flexibility index (Phi) is 3.24. The molecule has 4 aromatic rings. The number of nitrogens with zero attached hydrogens (tertiary/aromatic N) is 4. The first-order chi connectivity index (χ1) is 10.9. The van der Waals surface area contributed by atoms with Crippen molar-refractivity contribution in [2.45, 2.75) is 6.04 Å². The maximum atomic E-state index is 4.45.